The number of benzene rings is 1. The zero-order valence-corrected chi connectivity index (χ0v) is 12.7. The molecule has 2 aliphatic rings. The number of carbonyl (C=O) groups excluding carboxylic acids is 1. The van der Waals surface area contributed by atoms with Gasteiger partial charge in [0.05, 0.1) is 4.91 Å². The highest BCUT2D eigenvalue weighted by molar-refractivity contribution is 8.26. The number of amides is 1. The Bertz CT molecular complexity index is 674. The molecule has 1 aromatic rings. The van der Waals surface area contributed by atoms with Gasteiger partial charge in [-0.15, -0.1) is 0 Å². The Morgan fingerprint density at radius 2 is 2.20 bits per heavy atom. The van der Waals surface area contributed by atoms with E-state index in [2.05, 4.69) is 5.32 Å². The largest absolute Gasteiger partial charge is 0.483 e. The summed E-state index contributed by atoms with van der Waals surface area (Å²) in [4.78, 5) is 12.3. The number of ether oxygens (including phenoxy) is 1. The van der Waals surface area contributed by atoms with Crippen molar-refractivity contribution < 1.29 is 9.53 Å². The van der Waals surface area contributed by atoms with Crippen LogP contribution in [0.25, 0.3) is 12.2 Å². The SMILES string of the molecule is CC1(C)C=Cc2cc(C=C3SC(=S)NC3=O)ccc2O1. The maximum Gasteiger partial charge on any atom is 0.263 e. The van der Waals surface area contributed by atoms with Gasteiger partial charge >= 0.3 is 0 Å². The molecule has 1 aromatic carbocycles. The minimum absolute atomic E-state index is 0.134. The average Bonchev–Trinajstić information content (AvgIpc) is 2.67. The predicted octanol–water partition coefficient (Wildman–Crippen LogP) is 3.36. The minimum atomic E-state index is -0.277. The lowest BCUT2D eigenvalue weighted by molar-refractivity contribution is -0.115. The van der Waals surface area contributed by atoms with Crippen molar-refractivity contribution in [3.8, 4) is 5.75 Å². The summed E-state index contributed by atoms with van der Waals surface area (Å²) in [5, 5.41) is 2.61. The molecule has 3 nitrogen and oxygen atoms in total. The Morgan fingerprint density at radius 1 is 1.40 bits per heavy atom. The van der Waals surface area contributed by atoms with Crippen molar-refractivity contribution in [2.75, 3.05) is 0 Å². The zero-order valence-electron chi connectivity index (χ0n) is 11.1. The number of thiocarbonyl (C=S) groups is 1. The normalized spacial score (nSPS) is 21.6. The summed E-state index contributed by atoms with van der Waals surface area (Å²) < 4.78 is 6.37. The maximum absolute atomic E-state index is 11.6. The molecular formula is C15H13NO2S2. The van der Waals surface area contributed by atoms with Crippen LogP contribution in [0.5, 0.6) is 5.75 Å². The Balaban J connectivity index is 1.93. The molecule has 0 aliphatic carbocycles. The number of fused-ring (bicyclic) bond motifs is 1. The molecule has 0 atom stereocenters. The highest BCUT2D eigenvalue weighted by Gasteiger charge is 2.23. The molecule has 1 N–H and O–H groups in total. The number of carbonyl (C=O) groups is 1. The molecule has 102 valence electrons. The minimum Gasteiger partial charge on any atom is -0.483 e. The molecule has 0 aromatic heterocycles. The molecule has 0 saturated carbocycles. The topological polar surface area (TPSA) is 38.3 Å². The molecule has 0 unspecified atom stereocenters. The van der Waals surface area contributed by atoms with Crippen LogP contribution in [-0.4, -0.2) is 15.8 Å². The number of hydrogen-bond donors (Lipinski definition) is 1. The Morgan fingerprint density at radius 3 is 2.90 bits per heavy atom. The third-order valence-electron chi connectivity index (χ3n) is 3.01. The van der Waals surface area contributed by atoms with E-state index in [9.17, 15) is 4.79 Å². The van der Waals surface area contributed by atoms with Crippen LogP contribution in [0.3, 0.4) is 0 Å². The molecule has 20 heavy (non-hydrogen) atoms. The third kappa shape index (κ3) is 2.64. The lowest BCUT2D eigenvalue weighted by atomic mass is 10.0. The second-order valence-corrected chi connectivity index (χ2v) is 6.91. The maximum atomic E-state index is 11.6. The van der Waals surface area contributed by atoms with Gasteiger partial charge in [-0.05, 0) is 43.7 Å². The first-order valence-corrected chi connectivity index (χ1v) is 7.43. The fourth-order valence-corrected chi connectivity index (χ4v) is 3.10. The van der Waals surface area contributed by atoms with E-state index in [4.69, 9.17) is 17.0 Å². The van der Waals surface area contributed by atoms with Gasteiger partial charge in [0.25, 0.3) is 5.91 Å². The van der Waals surface area contributed by atoms with E-state index in [0.717, 1.165) is 16.9 Å². The van der Waals surface area contributed by atoms with E-state index in [1.165, 1.54) is 11.8 Å². The van der Waals surface area contributed by atoms with Crippen molar-refractivity contribution in [2.24, 2.45) is 0 Å². The van der Waals surface area contributed by atoms with Gasteiger partial charge in [0.15, 0.2) is 0 Å². The number of hydrogen-bond acceptors (Lipinski definition) is 4. The van der Waals surface area contributed by atoms with Gasteiger partial charge in [-0.2, -0.15) is 0 Å². The molecule has 0 spiro atoms. The number of rotatable bonds is 1. The van der Waals surface area contributed by atoms with Crippen LogP contribution in [0.4, 0.5) is 0 Å². The van der Waals surface area contributed by atoms with E-state index in [1.807, 2.05) is 50.3 Å². The first-order valence-electron chi connectivity index (χ1n) is 6.20. The third-order valence-corrected chi connectivity index (χ3v) is 4.17. The summed E-state index contributed by atoms with van der Waals surface area (Å²) in [5.74, 6) is 0.726. The molecule has 1 saturated heterocycles. The predicted molar refractivity (Wildman–Crippen MR) is 86.5 cm³/mol. The fraction of sp³-hybridized carbons (Fsp3) is 0.200. The van der Waals surface area contributed by atoms with E-state index in [-0.39, 0.29) is 11.5 Å². The van der Waals surface area contributed by atoms with Crippen LogP contribution in [0.1, 0.15) is 25.0 Å². The summed E-state index contributed by atoms with van der Waals surface area (Å²) >= 11 is 6.26. The molecule has 1 fully saturated rings. The quantitative estimate of drug-likeness (QED) is 0.638. The first kappa shape index (κ1) is 13.4. The fourth-order valence-electron chi connectivity index (χ4n) is 2.06. The van der Waals surface area contributed by atoms with Gasteiger partial charge in [-0.3, -0.25) is 4.79 Å². The second kappa shape index (κ2) is 4.75. The van der Waals surface area contributed by atoms with Crippen LogP contribution in [-0.2, 0) is 4.79 Å². The van der Waals surface area contributed by atoms with Crippen molar-refractivity contribution in [3.63, 3.8) is 0 Å². The highest BCUT2D eigenvalue weighted by Crippen LogP contribution is 2.33. The number of nitrogens with one attached hydrogen (secondary N) is 1. The Hall–Kier alpha value is -1.59. The van der Waals surface area contributed by atoms with Crippen LogP contribution in [0, 0.1) is 0 Å². The van der Waals surface area contributed by atoms with Crippen molar-refractivity contribution in [1.82, 2.24) is 5.32 Å². The summed E-state index contributed by atoms with van der Waals surface area (Å²) in [5.41, 5.74) is 1.70. The second-order valence-electron chi connectivity index (χ2n) is 5.19. The van der Waals surface area contributed by atoms with Crippen LogP contribution in [0.2, 0.25) is 0 Å². The molecule has 5 heteroatoms. The van der Waals surface area contributed by atoms with Gasteiger partial charge < -0.3 is 10.1 Å². The van der Waals surface area contributed by atoms with Crippen LogP contribution < -0.4 is 10.1 Å². The van der Waals surface area contributed by atoms with Gasteiger partial charge in [0, 0.05) is 5.56 Å². The van der Waals surface area contributed by atoms with E-state index in [1.54, 1.807) is 0 Å². The lowest BCUT2D eigenvalue weighted by Gasteiger charge is -2.27. The lowest BCUT2D eigenvalue weighted by Crippen LogP contribution is -2.27. The van der Waals surface area contributed by atoms with E-state index >= 15 is 0 Å². The molecule has 0 radical (unpaired) electrons. The summed E-state index contributed by atoms with van der Waals surface area (Å²) in [6.07, 6.45) is 5.92. The van der Waals surface area contributed by atoms with Gasteiger partial charge in [0.2, 0.25) is 0 Å². The molecule has 3 rings (SSSR count). The molecule has 1 amide bonds. The molecular weight excluding hydrogens is 290 g/mol. The Kier molecular flexibility index (Phi) is 3.18. The van der Waals surface area contributed by atoms with Crippen molar-refractivity contribution in [2.45, 2.75) is 19.4 Å². The van der Waals surface area contributed by atoms with Gasteiger partial charge in [-0.25, -0.2) is 0 Å². The zero-order chi connectivity index (χ0) is 14.3. The summed E-state index contributed by atoms with van der Waals surface area (Å²) in [6, 6.07) is 5.88. The standard InChI is InChI=1S/C15H13NO2S2/c1-15(2)6-5-10-7-9(3-4-11(10)18-15)8-12-13(17)16-14(19)20-12/h3-8H,1-2H3,(H,16,17,19). The van der Waals surface area contributed by atoms with E-state index in [0.29, 0.717) is 9.23 Å². The Labute approximate surface area is 127 Å². The molecule has 2 heterocycles. The van der Waals surface area contributed by atoms with Gasteiger partial charge in [-0.1, -0.05) is 36.1 Å². The monoisotopic (exact) mass is 303 g/mol. The van der Waals surface area contributed by atoms with Crippen LogP contribution in [0.15, 0.2) is 29.2 Å². The molecule has 0 bridgehead atoms. The van der Waals surface area contributed by atoms with Crippen molar-refractivity contribution in [3.05, 3.63) is 40.3 Å². The highest BCUT2D eigenvalue weighted by atomic mass is 32.2. The molecule has 2 aliphatic heterocycles. The average molecular weight is 303 g/mol. The van der Waals surface area contributed by atoms with Crippen molar-refractivity contribution >= 4 is 46.4 Å². The summed E-state index contributed by atoms with van der Waals surface area (Å²) in [7, 11) is 0. The van der Waals surface area contributed by atoms with E-state index < -0.39 is 0 Å². The van der Waals surface area contributed by atoms with Gasteiger partial charge in [0.1, 0.15) is 15.7 Å². The van der Waals surface area contributed by atoms with Crippen LogP contribution >= 0.6 is 24.0 Å². The van der Waals surface area contributed by atoms with Crippen molar-refractivity contribution in [1.29, 1.82) is 0 Å². The summed E-state index contributed by atoms with van der Waals surface area (Å²) in [6.45, 7) is 4.03. The number of thioether (sulfide) groups is 1. The smallest absolute Gasteiger partial charge is 0.263 e. The first-order chi connectivity index (χ1) is 9.43.